The summed E-state index contributed by atoms with van der Waals surface area (Å²) in [5.41, 5.74) is 6.53. The van der Waals surface area contributed by atoms with E-state index < -0.39 is 5.54 Å². The first kappa shape index (κ1) is 15.7. The Balaban J connectivity index is 1.93. The van der Waals surface area contributed by atoms with Crippen molar-refractivity contribution in [2.24, 2.45) is 11.7 Å². The molecule has 1 unspecified atom stereocenters. The first-order chi connectivity index (χ1) is 9.58. The molecule has 0 amide bonds. The van der Waals surface area contributed by atoms with E-state index in [9.17, 15) is 4.79 Å². The molecule has 1 fully saturated rings. The Bertz CT molecular complexity index is 479. The smallest absolute Gasteiger partial charge is 0.327 e. The second-order valence-electron chi connectivity index (χ2n) is 5.12. The molecule has 2 rings (SSSR count). The van der Waals surface area contributed by atoms with Gasteiger partial charge in [0.2, 0.25) is 0 Å². The van der Waals surface area contributed by atoms with Crippen molar-refractivity contribution < 1.29 is 9.53 Å². The Morgan fingerprint density at radius 1 is 1.50 bits per heavy atom. The van der Waals surface area contributed by atoms with Gasteiger partial charge in [-0.15, -0.1) is 0 Å². The summed E-state index contributed by atoms with van der Waals surface area (Å²) in [6, 6.07) is 7.74. The second kappa shape index (κ2) is 6.83. The average molecular weight is 314 g/mol. The van der Waals surface area contributed by atoms with Gasteiger partial charge in [-0.1, -0.05) is 29.8 Å². The maximum absolute atomic E-state index is 12.1. The summed E-state index contributed by atoms with van der Waals surface area (Å²) in [6.45, 7) is 2.18. The number of halogens is 1. The van der Waals surface area contributed by atoms with Gasteiger partial charge in [0.05, 0.1) is 6.61 Å². The van der Waals surface area contributed by atoms with Crippen LogP contribution in [0, 0.1) is 5.92 Å². The lowest BCUT2D eigenvalue weighted by atomic mass is 9.97. The van der Waals surface area contributed by atoms with Crippen molar-refractivity contribution in [2.75, 3.05) is 12.4 Å². The molecule has 1 aromatic rings. The highest BCUT2D eigenvalue weighted by Crippen LogP contribution is 2.41. The van der Waals surface area contributed by atoms with Gasteiger partial charge >= 0.3 is 5.97 Å². The maximum Gasteiger partial charge on any atom is 0.327 e. The fourth-order valence-corrected chi connectivity index (χ4v) is 3.70. The van der Waals surface area contributed by atoms with E-state index in [2.05, 4.69) is 0 Å². The Hall–Kier alpha value is -0.710. The lowest BCUT2D eigenvalue weighted by Gasteiger charge is -2.26. The number of esters is 1. The third-order valence-corrected chi connectivity index (χ3v) is 5.08. The van der Waals surface area contributed by atoms with E-state index in [1.807, 2.05) is 31.2 Å². The second-order valence-corrected chi connectivity index (χ2v) is 6.51. The van der Waals surface area contributed by atoms with Gasteiger partial charge in [-0.25, -0.2) is 0 Å². The van der Waals surface area contributed by atoms with Crippen LogP contribution in [-0.4, -0.2) is 23.9 Å². The molecule has 0 radical (unpaired) electrons. The molecule has 2 N–H and O–H groups in total. The number of carbonyl (C=O) groups excluding carboxylic acids is 1. The van der Waals surface area contributed by atoms with Crippen molar-refractivity contribution in [2.45, 2.75) is 31.1 Å². The van der Waals surface area contributed by atoms with Crippen LogP contribution in [0.5, 0.6) is 0 Å². The Morgan fingerprint density at radius 3 is 2.80 bits per heavy atom. The molecule has 0 spiro atoms. The molecule has 1 atom stereocenters. The summed E-state index contributed by atoms with van der Waals surface area (Å²) >= 11 is 7.76. The van der Waals surface area contributed by atoms with Crippen LogP contribution < -0.4 is 5.73 Å². The fraction of sp³-hybridized carbons (Fsp3) is 0.533. The number of hydrogen-bond donors (Lipinski definition) is 1. The monoisotopic (exact) mass is 313 g/mol. The van der Waals surface area contributed by atoms with Crippen LogP contribution in [-0.2, 0) is 15.3 Å². The zero-order chi connectivity index (χ0) is 14.6. The van der Waals surface area contributed by atoms with Crippen LogP contribution in [0.4, 0.5) is 0 Å². The minimum atomic E-state index is -0.845. The molecule has 110 valence electrons. The zero-order valence-corrected chi connectivity index (χ0v) is 13.2. The van der Waals surface area contributed by atoms with Crippen molar-refractivity contribution in [3.05, 3.63) is 34.9 Å². The van der Waals surface area contributed by atoms with Gasteiger partial charge in [0.15, 0.2) is 0 Å². The lowest BCUT2D eigenvalue weighted by molar-refractivity contribution is -0.149. The molecule has 0 bridgehead atoms. The maximum atomic E-state index is 12.1. The van der Waals surface area contributed by atoms with Gasteiger partial charge < -0.3 is 10.5 Å². The molecule has 1 saturated carbocycles. The average Bonchev–Trinajstić information content (AvgIpc) is 3.25. The molecule has 0 heterocycles. The molecular weight excluding hydrogens is 294 g/mol. The van der Waals surface area contributed by atoms with Crippen molar-refractivity contribution >= 4 is 29.3 Å². The van der Waals surface area contributed by atoms with Gasteiger partial charge in [0.25, 0.3) is 0 Å². The van der Waals surface area contributed by atoms with Gasteiger partial charge in [0, 0.05) is 16.5 Å². The molecule has 1 aromatic carbocycles. The van der Waals surface area contributed by atoms with Crippen LogP contribution in [0.1, 0.15) is 25.3 Å². The van der Waals surface area contributed by atoms with E-state index in [-0.39, 0.29) is 11.9 Å². The minimum Gasteiger partial charge on any atom is -0.465 e. The van der Waals surface area contributed by atoms with E-state index in [1.165, 1.54) is 0 Å². The molecule has 1 aliphatic rings. The molecule has 1 aliphatic carbocycles. The number of carbonyl (C=O) groups is 1. The Morgan fingerprint density at radius 2 is 2.20 bits per heavy atom. The van der Waals surface area contributed by atoms with Crippen molar-refractivity contribution in [1.82, 2.24) is 0 Å². The number of rotatable bonds is 7. The number of thioether (sulfide) groups is 1. The van der Waals surface area contributed by atoms with Crippen LogP contribution in [0.15, 0.2) is 24.3 Å². The summed E-state index contributed by atoms with van der Waals surface area (Å²) in [5.74, 6) is 1.32. The van der Waals surface area contributed by atoms with Crippen LogP contribution in [0.25, 0.3) is 0 Å². The first-order valence-electron chi connectivity index (χ1n) is 6.85. The third kappa shape index (κ3) is 3.68. The molecule has 0 saturated heterocycles. The summed E-state index contributed by atoms with van der Waals surface area (Å²) in [6.07, 6.45) is 2.03. The Kier molecular flexibility index (Phi) is 5.35. The standard InChI is InChI=1S/C15H20ClNO2S/c1-2-19-14(18)15(17,12-7-8-12)10-20-9-11-5-3-4-6-13(11)16/h3-6,12H,2,7-10,17H2,1H3. The summed E-state index contributed by atoms with van der Waals surface area (Å²) in [4.78, 5) is 12.1. The molecule has 5 heteroatoms. The molecule has 0 aromatic heterocycles. The largest absolute Gasteiger partial charge is 0.465 e. The van der Waals surface area contributed by atoms with E-state index in [0.29, 0.717) is 12.4 Å². The van der Waals surface area contributed by atoms with Gasteiger partial charge in [0.1, 0.15) is 5.54 Å². The highest BCUT2D eigenvalue weighted by molar-refractivity contribution is 7.98. The number of benzene rings is 1. The van der Waals surface area contributed by atoms with Crippen molar-refractivity contribution in [3.63, 3.8) is 0 Å². The first-order valence-corrected chi connectivity index (χ1v) is 8.38. The van der Waals surface area contributed by atoms with Crippen molar-refractivity contribution in [1.29, 1.82) is 0 Å². The van der Waals surface area contributed by atoms with Crippen LogP contribution >= 0.6 is 23.4 Å². The normalized spacial score (nSPS) is 17.6. The highest BCUT2D eigenvalue weighted by Gasteiger charge is 2.48. The number of nitrogens with two attached hydrogens (primary N) is 1. The molecule has 3 nitrogen and oxygen atoms in total. The van der Waals surface area contributed by atoms with Crippen molar-refractivity contribution in [3.8, 4) is 0 Å². The highest BCUT2D eigenvalue weighted by atomic mass is 35.5. The summed E-state index contributed by atoms with van der Waals surface area (Å²) in [7, 11) is 0. The molecule has 0 aliphatic heterocycles. The van der Waals surface area contributed by atoms with Gasteiger partial charge in [-0.3, -0.25) is 4.79 Å². The van der Waals surface area contributed by atoms with Crippen LogP contribution in [0.3, 0.4) is 0 Å². The number of ether oxygens (including phenoxy) is 1. The van der Waals surface area contributed by atoms with E-state index in [0.717, 1.165) is 29.2 Å². The Labute approximate surface area is 129 Å². The topological polar surface area (TPSA) is 52.3 Å². The minimum absolute atomic E-state index is 0.264. The zero-order valence-electron chi connectivity index (χ0n) is 11.6. The predicted molar refractivity (Wildman–Crippen MR) is 83.9 cm³/mol. The quantitative estimate of drug-likeness (QED) is 0.785. The predicted octanol–water partition coefficient (Wildman–Crippen LogP) is 3.24. The van der Waals surface area contributed by atoms with E-state index in [1.54, 1.807) is 11.8 Å². The van der Waals surface area contributed by atoms with E-state index >= 15 is 0 Å². The van der Waals surface area contributed by atoms with E-state index in [4.69, 9.17) is 22.1 Å². The SMILES string of the molecule is CCOC(=O)C(N)(CSCc1ccccc1Cl)C1CC1. The number of hydrogen-bond acceptors (Lipinski definition) is 4. The lowest BCUT2D eigenvalue weighted by Crippen LogP contribution is -2.53. The summed E-state index contributed by atoms with van der Waals surface area (Å²) < 4.78 is 5.13. The third-order valence-electron chi connectivity index (χ3n) is 3.52. The fourth-order valence-electron chi connectivity index (χ4n) is 2.15. The molecule has 20 heavy (non-hydrogen) atoms. The van der Waals surface area contributed by atoms with Gasteiger partial charge in [-0.2, -0.15) is 11.8 Å². The molecular formula is C15H20ClNO2S. The van der Waals surface area contributed by atoms with Crippen LogP contribution in [0.2, 0.25) is 5.02 Å². The summed E-state index contributed by atoms with van der Waals surface area (Å²) in [5, 5.41) is 0.755. The van der Waals surface area contributed by atoms with Gasteiger partial charge in [-0.05, 0) is 37.3 Å².